The molecule has 2 rings (SSSR count). The lowest BCUT2D eigenvalue weighted by Crippen LogP contribution is -2.26. The van der Waals surface area contributed by atoms with E-state index in [9.17, 15) is 14.7 Å². The van der Waals surface area contributed by atoms with Gasteiger partial charge in [0.05, 0.1) is 19.8 Å². The Kier molecular flexibility index (Phi) is 7.45. The van der Waals surface area contributed by atoms with E-state index >= 15 is 0 Å². The maximum absolute atomic E-state index is 12.5. The smallest absolute Gasteiger partial charge is 0.339 e. The van der Waals surface area contributed by atoms with Crippen LogP contribution < -0.4 is 14.8 Å². The van der Waals surface area contributed by atoms with Crippen molar-refractivity contribution in [3.8, 4) is 11.5 Å². The topological polar surface area (TPSA) is 107 Å². The highest BCUT2D eigenvalue weighted by Crippen LogP contribution is 2.30. The van der Waals surface area contributed by atoms with Crippen LogP contribution >= 0.6 is 0 Å². The van der Waals surface area contributed by atoms with Gasteiger partial charge in [0.1, 0.15) is 17.9 Å². The van der Waals surface area contributed by atoms with Gasteiger partial charge in [0, 0.05) is 19.6 Å². The number of carboxylic acids is 1. The van der Waals surface area contributed by atoms with Crippen LogP contribution in [0.3, 0.4) is 0 Å². The fraction of sp³-hybridized carbons (Fsp3) is 0.400. The van der Waals surface area contributed by atoms with Gasteiger partial charge in [-0.15, -0.1) is 0 Å². The number of amides is 1. The first-order valence-corrected chi connectivity index (χ1v) is 8.87. The molecule has 1 atom stereocenters. The number of hydrogen-bond donors (Lipinski definition) is 2. The molecule has 2 aromatic rings. The van der Waals surface area contributed by atoms with Gasteiger partial charge in [-0.25, -0.2) is 4.79 Å². The number of hydrogen-bond acceptors (Lipinski definition) is 6. The van der Waals surface area contributed by atoms with Crippen molar-refractivity contribution >= 4 is 11.9 Å². The van der Waals surface area contributed by atoms with E-state index in [0.717, 1.165) is 5.56 Å². The Morgan fingerprint density at radius 2 is 1.93 bits per heavy atom. The number of benzene rings is 1. The zero-order valence-electron chi connectivity index (χ0n) is 16.4. The summed E-state index contributed by atoms with van der Waals surface area (Å²) in [6.07, 6.45) is 0.381. The highest BCUT2D eigenvalue weighted by Gasteiger charge is 2.21. The molecule has 0 saturated carbocycles. The highest BCUT2D eigenvalue weighted by molar-refractivity contribution is 5.96. The number of carbonyl (C=O) groups is 2. The van der Waals surface area contributed by atoms with E-state index in [-0.39, 0.29) is 23.1 Å². The molecule has 8 nitrogen and oxygen atoms in total. The van der Waals surface area contributed by atoms with E-state index in [1.165, 1.54) is 13.2 Å². The second kappa shape index (κ2) is 9.80. The van der Waals surface area contributed by atoms with Gasteiger partial charge in [-0.2, -0.15) is 0 Å². The van der Waals surface area contributed by atoms with Crippen molar-refractivity contribution < 1.29 is 33.3 Å². The van der Waals surface area contributed by atoms with Crippen molar-refractivity contribution in [2.24, 2.45) is 0 Å². The van der Waals surface area contributed by atoms with Gasteiger partial charge in [-0.1, -0.05) is 13.0 Å². The summed E-state index contributed by atoms with van der Waals surface area (Å²) in [6, 6.07) is 6.24. The van der Waals surface area contributed by atoms with Crippen molar-refractivity contribution in [1.29, 1.82) is 0 Å². The van der Waals surface area contributed by atoms with Crippen molar-refractivity contribution in [1.82, 2.24) is 5.32 Å². The molecule has 1 amide bonds. The number of carbonyl (C=O) groups excluding carboxylic acids is 1. The van der Waals surface area contributed by atoms with E-state index in [4.69, 9.17) is 18.6 Å². The Morgan fingerprint density at radius 3 is 2.50 bits per heavy atom. The van der Waals surface area contributed by atoms with Crippen LogP contribution in [0, 0.1) is 0 Å². The summed E-state index contributed by atoms with van der Waals surface area (Å²) >= 11 is 0. The lowest BCUT2D eigenvalue weighted by Gasteiger charge is -2.16. The van der Waals surface area contributed by atoms with E-state index in [1.807, 2.05) is 6.07 Å². The molecule has 1 aromatic heterocycles. The number of aryl methyl sites for hydroxylation is 1. The van der Waals surface area contributed by atoms with Crippen LogP contribution in [-0.4, -0.2) is 44.4 Å². The number of furan rings is 1. The van der Waals surface area contributed by atoms with Gasteiger partial charge in [0.2, 0.25) is 0 Å². The summed E-state index contributed by atoms with van der Waals surface area (Å²) < 4.78 is 21.3. The summed E-state index contributed by atoms with van der Waals surface area (Å²) in [7, 11) is 3.13. The van der Waals surface area contributed by atoms with Crippen LogP contribution in [0.2, 0.25) is 0 Å². The normalized spacial score (nSPS) is 11.7. The average molecular weight is 391 g/mol. The predicted octanol–water partition coefficient (Wildman–Crippen LogP) is 3.07. The third-order valence-electron chi connectivity index (χ3n) is 4.16. The van der Waals surface area contributed by atoms with Crippen molar-refractivity contribution in [3.63, 3.8) is 0 Å². The Bertz CT molecular complexity index is 828. The molecule has 0 aliphatic heterocycles. The second-order valence-electron chi connectivity index (χ2n) is 6.05. The predicted molar refractivity (Wildman–Crippen MR) is 101 cm³/mol. The van der Waals surface area contributed by atoms with Crippen LogP contribution in [0.5, 0.6) is 11.5 Å². The third-order valence-corrected chi connectivity index (χ3v) is 4.16. The minimum atomic E-state index is -1.12. The lowest BCUT2D eigenvalue weighted by molar-refractivity contribution is 0.0694. The fourth-order valence-electron chi connectivity index (χ4n) is 2.64. The number of ether oxygens (including phenoxy) is 3. The molecule has 1 aromatic carbocycles. The molecule has 0 bridgehead atoms. The standard InChI is InChI=1S/C20H25NO7/c1-5-15-14(20(23)24)11-18(28-15)19(22)21-12(2)13-6-7-16(17(10-13)26-4)27-9-8-25-3/h6-7,10-12H,5,8-9H2,1-4H3,(H,21,22)(H,23,24). The number of rotatable bonds is 10. The molecule has 0 radical (unpaired) electrons. The maximum Gasteiger partial charge on any atom is 0.339 e. The fourth-order valence-corrected chi connectivity index (χ4v) is 2.64. The number of aromatic carboxylic acids is 1. The van der Waals surface area contributed by atoms with E-state index in [0.29, 0.717) is 31.1 Å². The largest absolute Gasteiger partial charge is 0.493 e. The van der Waals surface area contributed by atoms with Gasteiger partial charge in [0.15, 0.2) is 17.3 Å². The van der Waals surface area contributed by atoms with Crippen LogP contribution in [0.15, 0.2) is 28.7 Å². The molecule has 8 heteroatoms. The van der Waals surface area contributed by atoms with Crippen molar-refractivity contribution in [3.05, 3.63) is 46.9 Å². The summed E-state index contributed by atoms with van der Waals surface area (Å²) in [5, 5.41) is 12.0. The molecule has 0 spiro atoms. The molecule has 1 unspecified atom stereocenters. The summed E-state index contributed by atoms with van der Waals surface area (Å²) in [6.45, 7) is 4.42. The zero-order valence-corrected chi connectivity index (χ0v) is 16.4. The number of carboxylic acid groups (broad SMARTS) is 1. The first kappa shape index (κ1) is 21.3. The number of methoxy groups -OCH3 is 2. The van der Waals surface area contributed by atoms with Crippen LogP contribution in [0.1, 0.15) is 52.1 Å². The molecule has 0 fully saturated rings. The van der Waals surface area contributed by atoms with E-state index in [2.05, 4.69) is 5.32 Å². The Balaban J connectivity index is 2.12. The number of nitrogens with one attached hydrogen (secondary N) is 1. The molecule has 0 aliphatic carbocycles. The van der Waals surface area contributed by atoms with Crippen LogP contribution in [0.4, 0.5) is 0 Å². The first-order chi connectivity index (χ1) is 13.4. The lowest BCUT2D eigenvalue weighted by atomic mass is 10.1. The third kappa shape index (κ3) is 5.04. The molecule has 0 saturated heterocycles. The minimum Gasteiger partial charge on any atom is -0.493 e. The molecule has 2 N–H and O–H groups in total. The van der Waals surface area contributed by atoms with Crippen molar-refractivity contribution in [2.75, 3.05) is 27.4 Å². The summed E-state index contributed by atoms with van der Waals surface area (Å²) in [5.74, 6) is -0.270. The minimum absolute atomic E-state index is 0.000433. The Hall–Kier alpha value is -3.00. The Morgan fingerprint density at radius 1 is 1.18 bits per heavy atom. The SMILES string of the molecule is CCc1oc(C(=O)NC(C)c2ccc(OCCOC)c(OC)c2)cc1C(=O)O. The van der Waals surface area contributed by atoms with Gasteiger partial charge in [0.25, 0.3) is 5.91 Å². The van der Waals surface area contributed by atoms with E-state index in [1.54, 1.807) is 33.1 Å². The summed E-state index contributed by atoms with van der Waals surface area (Å²) in [5.41, 5.74) is 0.796. The van der Waals surface area contributed by atoms with Crippen LogP contribution in [-0.2, 0) is 11.2 Å². The zero-order chi connectivity index (χ0) is 20.7. The second-order valence-corrected chi connectivity index (χ2v) is 6.05. The van der Waals surface area contributed by atoms with Gasteiger partial charge in [-0.05, 0) is 24.6 Å². The molecule has 1 heterocycles. The monoisotopic (exact) mass is 391 g/mol. The molecular weight excluding hydrogens is 366 g/mol. The average Bonchev–Trinajstić information content (AvgIpc) is 3.13. The molecule has 152 valence electrons. The molecular formula is C20H25NO7. The molecule has 0 aliphatic rings. The van der Waals surface area contributed by atoms with Gasteiger partial charge < -0.3 is 29.1 Å². The first-order valence-electron chi connectivity index (χ1n) is 8.87. The maximum atomic E-state index is 12.5. The van der Waals surface area contributed by atoms with Crippen molar-refractivity contribution in [2.45, 2.75) is 26.3 Å². The van der Waals surface area contributed by atoms with E-state index < -0.39 is 11.9 Å². The van der Waals surface area contributed by atoms with Crippen LogP contribution in [0.25, 0.3) is 0 Å². The van der Waals surface area contributed by atoms with Gasteiger partial charge >= 0.3 is 5.97 Å². The highest BCUT2D eigenvalue weighted by atomic mass is 16.5. The Labute approximate surface area is 163 Å². The quantitative estimate of drug-likeness (QED) is 0.599. The van der Waals surface area contributed by atoms with Gasteiger partial charge in [-0.3, -0.25) is 4.79 Å². The summed E-state index contributed by atoms with van der Waals surface area (Å²) in [4.78, 5) is 23.7. The molecule has 28 heavy (non-hydrogen) atoms.